The normalized spacial score (nSPS) is 16.2. The van der Waals surface area contributed by atoms with E-state index in [1.165, 1.54) is 5.56 Å². The SMILES string of the molecule is CCC(CC)(CC)C(=O)Nc1cc(CN2CCOCC2)c(C)cn1. The monoisotopic (exact) mass is 333 g/mol. The Morgan fingerprint density at radius 3 is 2.46 bits per heavy atom. The van der Waals surface area contributed by atoms with Crippen LogP contribution in [0.3, 0.4) is 0 Å². The fourth-order valence-electron chi connectivity index (χ4n) is 3.28. The number of hydrogen-bond donors (Lipinski definition) is 1. The summed E-state index contributed by atoms with van der Waals surface area (Å²) >= 11 is 0. The summed E-state index contributed by atoms with van der Waals surface area (Å²) in [5.41, 5.74) is 2.08. The molecular weight excluding hydrogens is 302 g/mol. The van der Waals surface area contributed by atoms with Crippen LogP contribution in [0.1, 0.15) is 51.2 Å². The van der Waals surface area contributed by atoms with Crippen molar-refractivity contribution in [1.82, 2.24) is 9.88 Å². The van der Waals surface area contributed by atoms with Crippen LogP contribution in [0, 0.1) is 12.3 Å². The summed E-state index contributed by atoms with van der Waals surface area (Å²) in [6, 6.07) is 2.02. The summed E-state index contributed by atoms with van der Waals surface area (Å²) < 4.78 is 5.41. The van der Waals surface area contributed by atoms with Crippen molar-refractivity contribution in [1.29, 1.82) is 0 Å². The van der Waals surface area contributed by atoms with Crippen molar-refractivity contribution in [3.63, 3.8) is 0 Å². The van der Waals surface area contributed by atoms with Crippen LogP contribution in [-0.4, -0.2) is 42.1 Å². The Morgan fingerprint density at radius 1 is 1.25 bits per heavy atom. The number of morpholine rings is 1. The first kappa shape index (κ1) is 18.9. The highest BCUT2D eigenvalue weighted by Gasteiger charge is 2.33. The molecule has 5 heteroatoms. The molecule has 5 nitrogen and oxygen atoms in total. The third-order valence-electron chi connectivity index (χ3n) is 5.47. The van der Waals surface area contributed by atoms with Gasteiger partial charge in [-0.25, -0.2) is 4.98 Å². The standard InChI is InChI=1S/C19H31N3O2/c1-5-19(6-2,7-3)18(23)21-17-12-16(15(4)13-20-17)14-22-8-10-24-11-9-22/h12-13H,5-11,14H2,1-4H3,(H,20,21,23). The molecule has 0 aromatic carbocycles. The molecule has 2 heterocycles. The van der Waals surface area contributed by atoms with Crippen LogP contribution >= 0.6 is 0 Å². The Balaban J connectivity index is 2.11. The number of anilines is 1. The first-order chi connectivity index (χ1) is 11.5. The number of rotatable bonds is 7. The maximum atomic E-state index is 12.7. The Kier molecular flexibility index (Phi) is 6.75. The van der Waals surface area contributed by atoms with E-state index in [9.17, 15) is 4.79 Å². The van der Waals surface area contributed by atoms with E-state index in [-0.39, 0.29) is 11.3 Å². The summed E-state index contributed by atoms with van der Waals surface area (Å²) in [4.78, 5) is 19.5. The average Bonchev–Trinajstić information content (AvgIpc) is 2.61. The molecule has 1 N–H and O–H groups in total. The molecule has 2 rings (SSSR count). The predicted molar refractivity (Wildman–Crippen MR) is 97.0 cm³/mol. The van der Waals surface area contributed by atoms with Gasteiger partial charge in [-0.2, -0.15) is 0 Å². The molecule has 1 saturated heterocycles. The van der Waals surface area contributed by atoms with Gasteiger partial charge in [-0.15, -0.1) is 0 Å². The lowest BCUT2D eigenvalue weighted by Gasteiger charge is -2.29. The van der Waals surface area contributed by atoms with Crippen LogP contribution in [0.15, 0.2) is 12.3 Å². The van der Waals surface area contributed by atoms with Gasteiger partial charge >= 0.3 is 0 Å². The van der Waals surface area contributed by atoms with E-state index in [0.717, 1.165) is 57.7 Å². The molecule has 0 aliphatic carbocycles. The van der Waals surface area contributed by atoms with Gasteiger partial charge in [0.2, 0.25) is 5.91 Å². The summed E-state index contributed by atoms with van der Waals surface area (Å²) in [5.74, 6) is 0.747. The van der Waals surface area contributed by atoms with Gasteiger partial charge in [0.05, 0.1) is 13.2 Å². The van der Waals surface area contributed by atoms with Crippen LogP contribution < -0.4 is 5.32 Å². The number of carbonyl (C=O) groups is 1. The zero-order valence-corrected chi connectivity index (χ0v) is 15.5. The average molecular weight is 333 g/mol. The lowest BCUT2D eigenvalue weighted by Crippen LogP contribution is -2.36. The topological polar surface area (TPSA) is 54.5 Å². The second kappa shape index (κ2) is 8.58. The highest BCUT2D eigenvalue weighted by Crippen LogP contribution is 2.31. The first-order valence-electron chi connectivity index (χ1n) is 9.11. The second-order valence-corrected chi connectivity index (χ2v) is 6.68. The van der Waals surface area contributed by atoms with Gasteiger partial charge in [-0.3, -0.25) is 9.69 Å². The number of amides is 1. The lowest BCUT2D eigenvalue weighted by molar-refractivity contribution is -0.126. The Morgan fingerprint density at radius 2 is 1.88 bits per heavy atom. The van der Waals surface area contributed by atoms with Crippen LogP contribution in [-0.2, 0) is 16.1 Å². The van der Waals surface area contributed by atoms with Crippen LogP contribution in [0.4, 0.5) is 5.82 Å². The van der Waals surface area contributed by atoms with Gasteiger partial charge in [0, 0.05) is 31.2 Å². The minimum atomic E-state index is -0.295. The number of hydrogen-bond acceptors (Lipinski definition) is 4. The van der Waals surface area contributed by atoms with Gasteiger partial charge in [0.15, 0.2) is 0 Å². The number of pyridine rings is 1. The third kappa shape index (κ3) is 4.33. The zero-order valence-electron chi connectivity index (χ0n) is 15.5. The van der Waals surface area contributed by atoms with E-state index < -0.39 is 0 Å². The molecule has 0 spiro atoms. The van der Waals surface area contributed by atoms with Gasteiger partial charge in [0.25, 0.3) is 0 Å². The third-order valence-corrected chi connectivity index (χ3v) is 5.47. The van der Waals surface area contributed by atoms with E-state index in [1.54, 1.807) is 0 Å². The van der Waals surface area contributed by atoms with E-state index in [2.05, 4.69) is 42.9 Å². The smallest absolute Gasteiger partial charge is 0.231 e. The van der Waals surface area contributed by atoms with Crippen molar-refractivity contribution in [3.05, 3.63) is 23.4 Å². The van der Waals surface area contributed by atoms with Crippen molar-refractivity contribution >= 4 is 11.7 Å². The number of carbonyl (C=O) groups excluding carboxylic acids is 1. The van der Waals surface area contributed by atoms with Gasteiger partial charge < -0.3 is 10.1 Å². The van der Waals surface area contributed by atoms with Crippen molar-refractivity contribution in [3.8, 4) is 0 Å². The summed E-state index contributed by atoms with van der Waals surface area (Å²) in [6.07, 6.45) is 4.39. The molecule has 1 aromatic rings. The quantitative estimate of drug-likeness (QED) is 0.831. The first-order valence-corrected chi connectivity index (χ1v) is 9.11. The number of nitrogens with zero attached hydrogens (tertiary/aromatic N) is 2. The fourth-order valence-corrected chi connectivity index (χ4v) is 3.28. The Hall–Kier alpha value is -1.46. The van der Waals surface area contributed by atoms with E-state index in [0.29, 0.717) is 5.82 Å². The lowest BCUT2D eigenvalue weighted by atomic mass is 9.79. The second-order valence-electron chi connectivity index (χ2n) is 6.68. The van der Waals surface area contributed by atoms with E-state index >= 15 is 0 Å². The molecule has 0 unspecified atom stereocenters. The molecule has 0 saturated carbocycles. The molecule has 0 atom stereocenters. The van der Waals surface area contributed by atoms with Crippen molar-refractivity contribution < 1.29 is 9.53 Å². The molecule has 1 aliphatic rings. The maximum absolute atomic E-state index is 12.7. The van der Waals surface area contributed by atoms with Crippen molar-refractivity contribution in [2.24, 2.45) is 5.41 Å². The van der Waals surface area contributed by atoms with Gasteiger partial charge in [-0.05, 0) is 43.4 Å². The predicted octanol–water partition coefficient (Wildman–Crippen LogP) is 3.38. The molecule has 0 bridgehead atoms. The fraction of sp³-hybridized carbons (Fsp3) is 0.684. The molecule has 1 aliphatic heterocycles. The summed E-state index contributed by atoms with van der Waals surface area (Å²) in [7, 11) is 0. The number of ether oxygens (including phenoxy) is 1. The largest absolute Gasteiger partial charge is 0.379 e. The molecule has 0 radical (unpaired) electrons. The Bertz CT molecular complexity index is 541. The molecule has 1 aromatic heterocycles. The molecule has 134 valence electrons. The van der Waals surface area contributed by atoms with Crippen LogP contribution in [0.2, 0.25) is 0 Å². The maximum Gasteiger partial charge on any atom is 0.231 e. The number of nitrogens with one attached hydrogen (secondary N) is 1. The van der Waals surface area contributed by atoms with Crippen LogP contribution in [0.5, 0.6) is 0 Å². The molecule has 1 amide bonds. The molecule has 1 fully saturated rings. The van der Waals surface area contributed by atoms with E-state index in [4.69, 9.17) is 4.74 Å². The minimum absolute atomic E-state index is 0.0867. The number of aryl methyl sites for hydroxylation is 1. The summed E-state index contributed by atoms with van der Waals surface area (Å²) in [6.45, 7) is 12.7. The number of aromatic nitrogens is 1. The zero-order chi connectivity index (χ0) is 17.6. The molecular formula is C19H31N3O2. The minimum Gasteiger partial charge on any atom is -0.379 e. The Labute approximate surface area is 145 Å². The van der Waals surface area contributed by atoms with Crippen molar-refractivity contribution in [2.75, 3.05) is 31.6 Å². The highest BCUT2D eigenvalue weighted by molar-refractivity contribution is 5.94. The van der Waals surface area contributed by atoms with Gasteiger partial charge in [0.1, 0.15) is 5.82 Å². The highest BCUT2D eigenvalue weighted by atomic mass is 16.5. The van der Waals surface area contributed by atoms with Crippen molar-refractivity contribution in [2.45, 2.75) is 53.5 Å². The van der Waals surface area contributed by atoms with Gasteiger partial charge in [-0.1, -0.05) is 20.8 Å². The molecule has 24 heavy (non-hydrogen) atoms. The van der Waals surface area contributed by atoms with Crippen LogP contribution in [0.25, 0.3) is 0 Å². The van der Waals surface area contributed by atoms with E-state index in [1.807, 2.05) is 12.3 Å². The summed E-state index contributed by atoms with van der Waals surface area (Å²) in [5, 5.41) is 3.05.